The number of benzene rings is 1. The fourth-order valence-electron chi connectivity index (χ4n) is 2.32. The largest absolute Gasteiger partial charge is 0.349 e. The third-order valence-electron chi connectivity index (χ3n) is 3.68. The first kappa shape index (κ1) is 17.6. The van der Waals surface area contributed by atoms with Crippen molar-refractivity contribution in [2.75, 3.05) is 27.2 Å². The summed E-state index contributed by atoms with van der Waals surface area (Å²) < 4.78 is 0. The van der Waals surface area contributed by atoms with Crippen molar-refractivity contribution in [3.63, 3.8) is 0 Å². The Bertz CT molecular complexity index is 636. The van der Waals surface area contributed by atoms with Crippen molar-refractivity contribution in [2.45, 2.75) is 19.4 Å². The van der Waals surface area contributed by atoms with Crippen molar-refractivity contribution in [2.24, 2.45) is 5.73 Å². The van der Waals surface area contributed by atoms with Gasteiger partial charge in [-0.2, -0.15) is 0 Å². The topological polar surface area (TPSA) is 71.2 Å². The van der Waals surface area contributed by atoms with Gasteiger partial charge in [0.05, 0.1) is 11.0 Å². The number of hydrogen-bond acceptors (Lipinski definition) is 5. The number of carbonyl (C=O) groups is 1. The number of nitrogens with two attached hydrogens (primary N) is 1. The Kier molecular flexibility index (Phi) is 6.27. The van der Waals surface area contributed by atoms with E-state index in [1.165, 1.54) is 22.5 Å². The SMILES string of the molecule is Cc1ccc(C(CNC(=O)c2csc(CCN)n2)N(C)C)cc1. The summed E-state index contributed by atoms with van der Waals surface area (Å²) >= 11 is 1.48. The lowest BCUT2D eigenvalue weighted by atomic mass is 10.0. The molecule has 0 saturated carbocycles. The molecule has 0 spiro atoms. The molecule has 23 heavy (non-hydrogen) atoms. The lowest BCUT2D eigenvalue weighted by Gasteiger charge is -2.25. The van der Waals surface area contributed by atoms with E-state index in [0.29, 0.717) is 25.2 Å². The molecule has 0 aliphatic carbocycles. The third kappa shape index (κ3) is 4.86. The van der Waals surface area contributed by atoms with Gasteiger partial charge in [0.1, 0.15) is 5.69 Å². The zero-order valence-corrected chi connectivity index (χ0v) is 14.7. The number of nitrogens with zero attached hydrogens (tertiary/aromatic N) is 2. The summed E-state index contributed by atoms with van der Waals surface area (Å²) in [6.45, 7) is 3.15. The van der Waals surface area contributed by atoms with Crippen LogP contribution in [-0.2, 0) is 6.42 Å². The van der Waals surface area contributed by atoms with Crippen molar-refractivity contribution >= 4 is 17.2 Å². The van der Waals surface area contributed by atoms with E-state index >= 15 is 0 Å². The maximum atomic E-state index is 12.3. The minimum absolute atomic E-state index is 0.127. The Morgan fingerprint density at radius 3 is 2.65 bits per heavy atom. The first-order valence-corrected chi connectivity index (χ1v) is 8.55. The van der Waals surface area contributed by atoms with Gasteiger partial charge in [-0.1, -0.05) is 29.8 Å². The molecule has 0 fully saturated rings. The second-order valence-corrected chi connectivity index (χ2v) is 6.71. The highest BCUT2D eigenvalue weighted by atomic mass is 32.1. The molecule has 0 saturated heterocycles. The summed E-state index contributed by atoms with van der Waals surface area (Å²) in [6.07, 6.45) is 0.710. The number of aryl methyl sites for hydroxylation is 1. The average Bonchev–Trinajstić information content (AvgIpc) is 2.98. The molecule has 1 aromatic carbocycles. The minimum atomic E-state index is -0.136. The van der Waals surface area contributed by atoms with Gasteiger partial charge in [0.25, 0.3) is 5.91 Å². The highest BCUT2D eigenvalue weighted by molar-refractivity contribution is 7.09. The minimum Gasteiger partial charge on any atom is -0.349 e. The van der Waals surface area contributed by atoms with E-state index in [0.717, 1.165) is 5.01 Å². The van der Waals surface area contributed by atoms with Gasteiger partial charge in [-0.15, -0.1) is 11.3 Å². The van der Waals surface area contributed by atoms with Crippen LogP contribution in [0.25, 0.3) is 0 Å². The number of thiazole rings is 1. The van der Waals surface area contributed by atoms with Crippen LogP contribution in [-0.4, -0.2) is 43.0 Å². The number of carbonyl (C=O) groups excluding carboxylic acids is 1. The standard InChI is InChI=1S/C17H24N4OS/c1-12-4-6-13(7-5-12)15(21(2)3)10-19-17(22)14-11-23-16(20-14)8-9-18/h4-7,11,15H,8-10,18H2,1-3H3,(H,19,22). The van der Waals surface area contributed by atoms with E-state index < -0.39 is 0 Å². The first-order chi connectivity index (χ1) is 11.0. The normalized spacial score (nSPS) is 12.4. The highest BCUT2D eigenvalue weighted by Gasteiger charge is 2.17. The molecule has 1 unspecified atom stereocenters. The van der Waals surface area contributed by atoms with Crippen molar-refractivity contribution < 1.29 is 4.79 Å². The molecule has 6 heteroatoms. The van der Waals surface area contributed by atoms with Crippen LogP contribution >= 0.6 is 11.3 Å². The molecular weight excluding hydrogens is 308 g/mol. The monoisotopic (exact) mass is 332 g/mol. The van der Waals surface area contributed by atoms with E-state index in [4.69, 9.17) is 5.73 Å². The van der Waals surface area contributed by atoms with Gasteiger partial charge >= 0.3 is 0 Å². The third-order valence-corrected chi connectivity index (χ3v) is 4.59. The maximum Gasteiger partial charge on any atom is 0.270 e. The predicted octanol–water partition coefficient (Wildman–Crippen LogP) is 1.99. The van der Waals surface area contributed by atoms with Crippen LogP contribution in [0.3, 0.4) is 0 Å². The van der Waals surface area contributed by atoms with E-state index in [2.05, 4.69) is 46.4 Å². The Hall–Kier alpha value is -1.76. The first-order valence-electron chi connectivity index (χ1n) is 7.67. The molecule has 1 aromatic heterocycles. The van der Waals surface area contributed by atoms with Crippen LogP contribution in [0.2, 0.25) is 0 Å². The molecule has 2 rings (SSSR count). The molecule has 2 aromatic rings. The molecule has 1 amide bonds. The molecule has 124 valence electrons. The molecule has 0 aliphatic heterocycles. The molecule has 0 radical (unpaired) electrons. The number of nitrogens with one attached hydrogen (secondary N) is 1. The van der Waals surface area contributed by atoms with Gasteiger partial charge in [-0.05, 0) is 33.1 Å². The Labute approximate surface area is 141 Å². The summed E-state index contributed by atoms with van der Waals surface area (Å²) in [5.74, 6) is -0.136. The second kappa shape index (κ2) is 8.19. The van der Waals surface area contributed by atoms with Gasteiger partial charge in [-0.25, -0.2) is 4.98 Å². The molecule has 1 heterocycles. The molecule has 0 bridgehead atoms. The van der Waals surface area contributed by atoms with Crippen molar-refractivity contribution in [1.82, 2.24) is 15.2 Å². The quantitative estimate of drug-likeness (QED) is 0.813. The Morgan fingerprint density at radius 2 is 2.04 bits per heavy atom. The number of hydrogen-bond donors (Lipinski definition) is 2. The van der Waals surface area contributed by atoms with Crippen molar-refractivity contribution in [3.05, 3.63) is 51.5 Å². The summed E-state index contributed by atoms with van der Waals surface area (Å²) in [5, 5.41) is 5.67. The predicted molar refractivity (Wildman–Crippen MR) is 94.8 cm³/mol. The second-order valence-electron chi connectivity index (χ2n) is 5.77. The zero-order chi connectivity index (χ0) is 16.8. The van der Waals surface area contributed by atoms with Gasteiger partial charge in [0.15, 0.2) is 0 Å². The van der Waals surface area contributed by atoms with E-state index in [1.807, 2.05) is 14.1 Å². The summed E-state index contributed by atoms with van der Waals surface area (Å²) in [7, 11) is 4.03. The molecular formula is C17H24N4OS. The zero-order valence-electron chi connectivity index (χ0n) is 13.9. The van der Waals surface area contributed by atoms with Crippen LogP contribution < -0.4 is 11.1 Å². The van der Waals surface area contributed by atoms with Crippen molar-refractivity contribution in [3.8, 4) is 0 Å². The van der Waals surface area contributed by atoms with E-state index in [-0.39, 0.29) is 11.9 Å². The van der Waals surface area contributed by atoms with Crippen LogP contribution in [0.5, 0.6) is 0 Å². The van der Waals surface area contributed by atoms with Crippen LogP contribution in [0, 0.1) is 6.92 Å². The fourth-order valence-corrected chi connectivity index (χ4v) is 3.11. The fraction of sp³-hybridized carbons (Fsp3) is 0.412. The molecule has 5 nitrogen and oxygen atoms in total. The molecule has 0 aliphatic rings. The number of aromatic nitrogens is 1. The van der Waals surface area contributed by atoms with Gasteiger partial charge < -0.3 is 16.0 Å². The van der Waals surface area contributed by atoms with Crippen molar-refractivity contribution in [1.29, 1.82) is 0 Å². The van der Waals surface area contributed by atoms with Gasteiger partial charge in [0.2, 0.25) is 0 Å². The van der Waals surface area contributed by atoms with Gasteiger partial charge in [-0.3, -0.25) is 4.79 Å². The van der Waals surface area contributed by atoms with Crippen LogP contribution in [0.4, 0.5) is 0 Å². The van der Waals surface area contributed by atoms with Gasteiger partial charge in [0, 0.05) is 18.3 Å². The molecule has 3 N–H and O–H groups in total. The summed E-state index contributed by atoms with van der Waals surface area (Å²) in [6, 6.07) is 8.52. The van der Waals surface area contributed by atoms with E-state index in [1.54, 1.807) is 5.38 Å². The lowest BCUT2D eigenvalue weighted by Crippen LogP contribution is -2.34. The van der Waals surface area contributed by atoms with Crippen LogP contribution in [0.1, 0.15) is 32.7 Å². The molecule has 1 atom stereocenters. The highest BCUT2D eigenvalue weighted by Crippen LogP contribution is 2.18. The maximum absolute atomic E-state index is 12.3. The number of amides is 1. The lowest BCUT2D eigenvalue weighted by molar-refractivity contribution is 0.0937. The summed E-state index contributed by atoms with van der Waals surface area (Å²) in [4.78, 5) is 18.7. The Balaban J connectivity index is 2.00. The summed E-state index contributed by atoms with van der Waals surface area (Å²) in [5.41, 5.74) is 8.40. The average molecular weight is 332 g/mol. The number of rotatable bonds is 7. The smallest absolute Gasteiger partial charge is 0.270 e. The van der Waals surface area contributed by atoms with Crippen LogP contribution in [0.15, 0.2) is 29.6 Å². The Morgan fingerprint density at radius 1 is 1.35 bits per heavy atom. The number of likely N-dealkylation sites (N-methyl/N-ethyl adjacent to an activating group) is 1. The van der Waals surface area contributed by atoms with E-state index in [9.17, 15) is 4.79 Å².